The van der Waals surface area contributed by atoms with Crippen molar-refractivity contribution >= 4 is 22.6 Å². The van der Waals surface area contributed by atoms with E-state index in [-0.39, 0.29) is 5.91 Å². The minimum Gasteiger partial charge on any atom is -0.464 e. The molecule has 5 heteroatoms. The van der Waals surface area contributed by atoms with Crippen LogP contribution in [0.2, 0.25) is 0 Å². The number of pyridine rings is 2. The zero-order valence-electron chi connectivity index (χ0n) is 12.6. The maximum atomic E-state index is 12.3. The number of aromatic nitrogens is 2. The van der Waals surface area contributed by atoms with Crippen molar-refractivity contribution in [3.05, 3.63) is 78.9 Å². The summed E-state index contributed by atoms with van der Waals surface area (Å²) < 4.78 is 5.40. The summed E-state index contributed by atoms with van der Waals surface area (Å²) in [7, 11) is 0. The van der Waals surface area contributed by atoms with E-state index in [1.165, 1.54) is 0 Å². The largest absolute Gasteiger partial charge is 0.464 e. The van der Waals surface area contributed by atoms with E-state index in [4.69, 9.17) is 4.42 Å². The van der Waals surface area contributed by atoms with Crippen LogP contribution in [-0.4, -0.2) is 15.9 Å². The van der Waals surface area contributed by atoms with Crippen molar-refractivity contribution in [1.82, 2.24) is 9.97 Å². The van der Waals surface area contributed by atoms with Gasteiger partial charge < -0.3 is 9.73 Å². The SMILES string of the molecule is O=C(Nc1ccncc1)c1ccc(-c2nccc3occc23)cc1. The van der Waals surface area contributed by atoms with Crippen molar-refractivity contribution in [1.29, 1.82) is 0 Å². The van der Waals surface area contributed by atoms with Crippen LogP contribution in [-0.2, 0) is 0 Å². The van der Waals surface area contributed by atoms with E-state index < -0.39 is 0 Å². The second-order valence-corrected chi connectivity index (χ2v) is 5.26. The van der Waals surface area contributed by atoms with Gasteiger partial charge in [-0.3, -0.25) is 14.8 Å². The highest BCUT2D eigenvalue weighted by Gasteiger charge is 2.10. The van der Waals surface area contributed by atoms with Gasteiger partial charge in [-0.25, -0.2) is 0 Å². The zero-order chi connectivity index (χ0) is 16.4. The molecule has 3 heterocycles. The number of fused-ring (bicyclic) bond motifs is 1. The second-order valence-electron chi connectivity index (χ2n) is 5.26. The average molecular weight is 315 g/mol. The maximum Gasteiger partial charge on any atom is 0.255 e. The summed E-state index contributed by atoms with van der Waals surface area (Å²) >= 11 is 0. The Bertz CT molecular complexity index is 992. The molecule has 0 atom stereocenters. The molecule has 0 aliphatic heterocycles. The van der Waals surface area contributed by atoms with E-state index in [1.807, 2.05) is 24.3 Å². The highest BCUT2D eigenvalue weighted by atomic mass is 16.3. The van der Waals surface area contributed by atoms with Gasteiger partial charge in [0.1, 0.15) is 5.58 Å². The van der Waals surface area contributed by atoms with Crippen LogP contribution >= 0.6 is 0 Å². The van der Waals surface area contributed by atoms with Gasteiger partial charge >= 0.3 is 0 Å². The van der Waals surface area contributed by atoms with Gasteiger partial charge in [-0.1, -0.05) is 12.1 Å². The van der Waals surface area contributed by atoms with Crippen molar-refractivity contribution in [3.63, 3.8) is 0 Å². The lowest BCUT2D eigenvalue weighted by Gasteiger charge is -2.06. The predicted molar refractivity (Wildman–Crippen MR) is 91.6 cm³/mol. The number of nitrogens with one attached hydrogen (secondary N) is 1. The van der Waals surface area contributed by atoms with Crippen molar-refractivity contribution in [2.45, 2.75) is 0 Å². The van der Waals surface area contributed by atoms with Gasteiger partial charge in [-0.05, 0) is 36.4 Å². The Morgan fingerprint density at radius 2 is 1.71 bits per heavy atom. The van der Waals surface area contributed by atoms with E-state index >= 15 is 0 Å². The Morgan fingerprint density at radius 3 is 2.50 bits per heavy atom. The van der Waals surface area contributed by atoms with E-state index in [9.17, 15) is 4.79 Å². The molecule has 0 radical (unpaired) electrons. The second kappa shape index (κ2) is 5.96. The van der Waals surface area contributed by atoms with Gasteiger partial charge in [-0.2, -0.15) is 0 Å². The first-order valence-electron chi connectivity index (χ1n) is 7.45. The fourth-order valence-corrected chi connectivity index (χ4v) is 2.54. The smallest absolute Gasteiger partial charge is 0.255 e. The number of hydrogen-bond donors (Lipinski definition) is 1. The quantitative estimate of drug-likeness (QED) is 0.617. The maximum absolute atomic E-state index is 12.3. The van der Waals surface area contributed by atoms with Crippen molar-refractivity contribution in [2.24, 2.45) is 0 Å². The van der Waals surface area contributed by atoms with Crippen molar-refractivity contribution < 1.29 is 9.21 Å². The molecule has 116 valence electrons. The normalized spacial score (nSPS) is 10.7. The summed E-state index contributed by atoms with van der Waals surface area (Å²) in [6, 6.07) is 14.5. The molecule has 0 aliphatic carbocycles. The molecule has 1 N–H and O–H groups in total. The zero-order valence-corrected chi connectivity index (χ0v) is 12.6. The minimum atomic E-state index is -0.165. The third kappa shape index (κ3) is 2.63. The summed E-state index contributed by atoms with van der Waals surface area (Å²) in [5.41, 5.74) is 3.85. The van der Waals surface area contributed by atoms with E-state index in [2.05, 4.69) is 15.3 Å². The van der Waals surface area contributed by atoms with Crippen LogP contribution in [0.15, 0.2) is 77.8 Å². The van der Waals surface area contributed by atoms with Crippen LogP contribution in [0.4, 0.5) is 5.69 Å². The third-order valence-corrected chi connectivity index (χ3v) is 3.74. The van der Waals surface area contributed by atoms with Crippen LogP contribution in [0.5, 0.6) is 0 Å². The van der Waals surface area contributed by atoms with Gasteiger partial charge in [0.05, 0.1) is 12.0 Å². The summed E-state index contributed by atoms with van der Waals surface area (Å²) in [4.78, 5) is 20.6. The average Bonchev–Trinajstić information content (AvgIpc) is 3.11. The van der Waals surface area contributed by atoms with Crippen LogP contribution < -0.4 is 5.32 Å². The summed E-state index contributed by atoms with van der Waals surface area (Å²) in [5.74, 6) is -0.165. The molecule has 1 amide bonds. The lowest BCUT2D eigenvalue weighted by atomic mass is 10.1. The molecule has 0 spiro atoms. The molecule has 4 aromatic rings. The molecule has 5 nitrogen and oxygen atoms in total. The molecule has 0 unspecified atom stereocenters. The molecule has 24 heavy (non-hydrogen) atoms. The topological polar surface area (TPSA) is 68.0 Å². The Kier molecular flexibility index (Phi) is 3.51. The van der Waals surface area contributed by atoms with Crippen molar-refractivity contribution in [3.8, 4) is 11.3 Å². The van der Waals surface area contributed by atoms with Crippen molar-refractivity contribution in [2.75, 3.05) is 5.32 Å². The fourth-order valence-electron chi connectivity index (χ4n) is 2.54. The number of rotatable bonds is 3. The van der Waals surface area contributed by atoms with Crippen LogP contribution in [0, 0.1) is 0 Å². The van der Waals surface area contributed by atoms with E-state index in [0.717, 1.165) is 22.2 Å². The van der Waals surface area contributed by atoms with Crippen LogP contribution in [0.1, 0.15) is 10.4 Å². The molecule has 0 bridgehead atoms. The Balaban J connectivity index is 1.61. The van der Waals surface area contributed by atoms with E-state index in [1.54, 1.807) is 49.1 Å². The molecule has 0 saturated heterocycles. The molecule has 4 rings (SSSR count). The predicted octanol–water partition coefficient (Wildman–Crippen LogP) is 4.14. The lowest BCUT2D eigenvalue weighted by molar-refractivity contribution is 0.102. The Morgan fingerprint density at radius 1 is 0.917 bits per heavy atom. The first-order valence-corrected chi connectivity index (χ1v) is 7.45. The number of benzene rings is 1. The monoisotopic (exact) mass is 315 g/mol. The summed E-state index contributed by atoms with van der Waals surface area (Å²) in [6.45, 7) is 0. The third-order valence-electron chi connectivity index (χ3n) is 3.74. The van der Waals surface area contributed by atoms with Crippen LogP contribution in [0.25, 0.3) is 22.2 Å². The lowest BCUT2D eigenvalue weighted by Crippen LogP contribution is -2.11. The first kappa shape index (κ1) is 14.1. The Labute approximate surface area is 138 Å². The highest BCUT2D eigenvalue weighted by molar-refractivity contribution is 6.04. The molecule has 1 aromatic carbocycles. The molecule has 0 aliphatic rings. The molecular weight excluding hydrogens is 302 g/mol. The number of carbonyl (C=O) groups is 1. The summed E-state index contributed by atoms with van der Waals surface area (Å²) in [6.07, 6.45) is 6.63. The van der Waals surface area contributed by atoms with Gasteiger partial charge in [0.25, 0.3) is 5.91 Å². The standard InChI is InChI=1S/C19H13N3O2/c23-19(22-15-5-9-20-10-6-15)14-3-1-13(2-4-14)18-16-8-12-24-17(16)7-11-21-18/h1-12H,(H,20,22,23). The van der Waals surface area contributed by atoms with E-state index in [0.29, 0.717) is 11.3 Å². The summed E-state index contributed by atoms with van der Waals surface area (Å²) in [5, 5.41) is 3.78. The van der Waals surface area contributed by atoms with Crippen LogP contribution in [0.3, 0.4) is 0 Å². The molecule has 0 saturated carbocycles. The van der Waals surface area contributed by atoms with Gasteiger partial charge in [0.2, 0.25) is 0 Å². The number of carbonyl (C=O) groups excluding carboxylic acids is 1. The fraction of sp³-hybridized carbons (Fsp3) is 0. The number of furan rings is 1. The number of nitrogens with zero attached hydrogens (tertiary/aromatic N) is 2. The highest BCUT2D eigenvalue weighted by Crippen LogP contribution is 2.27. The minimum absolute atomic E-state index is 0.165. The first-order chi connectivity index (χ1) is 11.8. The number of hydrogen-bond acceptors (Lipinski definition) is 4. The Hall–Kier alpha value is -3.47. The van der Waals surface area contributed by atoms with Gasteiger partial charge in [0, 0.05) is 40.8 Å². The van der Waals surface area contributed by atoms with Gasteiger partial charge in [0.15, 0.2) is 0 Å². The number of amides is 1. The molecule has 0 fully saturated rings. The molecule has 3 aromatic heterocycles. The molecular formula is C19H13N3O2. The number of anilines is 1. The van der Waals surface area contributed by atoms with Gasteiger partial charge in [-0.15, -0.1) is 0 Å².